The average Bonchev–Trinajstić information content (AvgIpc) is 3.22. The molecule has 1 fully saturated rings. The molecule has 1 aliphatic rings. The minimum atomic E-state index is -0.965. The fraction of sp³-hybridized carbons (Fsp3) is 0.417. The fourth-order valence-corrected chi connectivity index (χ4v) is 3.94. The predicted molar refractivity (Wildman–Crippen MR) is 121 cm³/mol. The third-order valence-corrected chi connectivity index (χ3v) is 6.15. The summed E-state index contributed by atoms with van der Waals surface area (Å²) < 4.78 is 5.89. The van der Waals surface area contributed by atoms with Gasteiger partial charge in [0.2, 0.25) is 5.91 Å². The smallest absolute Gasteiger partial charge is 0.335 e. The largest absolute Gasteiger partial charge is 0.493 e. The Labute approximate surface area is 188 Å². The summed E-state index contributed by atoms with van der Waals surface area (Å²) in [4.78, 5) is 26.2. The number of carboxylic acid groups (broad SMARTS) is 1. The quantitative estimate of drug-likeness (QED) is 0.631. The van der Waals surface area contributed by atoms with Gasteiger partial charge in [-0.3, -0.25) is 9.69 Å². The van der Waals surface area contributed by atoms with Gasteiger partial charge in [-0.05, 0) is 69.6 Å². The van der Waals surface area contributed by atoms with Gasteiger partial charge in [0.15, 0.2) is 0 Å². The van der Waals surface area contributed by atoms with Crippen LogP contribution < -0.4 is 10.1 Å². The molecular formula is C24H29ClN2O4. The highest BCUT2D eigenvalue weighted by Gasteiger charge is 2.39. The zero-order valence-corrected chi connectivity index (χ0v) is 18.9. The maximum atomic E-state index is 13.0. The predicted octanol–water partition coefficient (Wildman–Crippen LogP) is 4.39. The number of hydrogen-bond donors (Lipinski definition) is 2. The van der Waals surface area contributed by atoms with Gasteiger partial charge >= 0.3 is 5.97 Å². The summed E-state index contributed by atoms with van der Waals surface area (Å²) in [6.45, 7) is 7.95. The van der Waals surface area contributed by atoms with Crippen molar-refractivity contribution in [3.05, 3.63) is 64.7 Å². The van der Waals surface area contributed by atoms with E-state index in [0.29, 0.717) is 17.5 Å². The zero-order valence-electron chi connectivity index (χ0n) is 18.1. The van der Waals surface area contributed by atoms with Crippen LogP contribution in [0.3, 0.4) is 0 Å². The Morgan fingerprint density at radius 2 is 1.97 bits per heavy atom. The molecule has 2 aromatic rings. The monoisotopic (exact) mass is 444 g/mol. The van der Waals surface area contributed by atoms with Gasteiger partial charge in [0.25, 0.3) is 0 Å². The van der Waals surface area contributed by atoms with E-state index in [2.05, 4.69) is 10.2 Å². The number of carbonyl (C=O) groups is 2. The van der Waals surface area contributed by atoms with Crippen molar-refractivity contribution in [3.63, 3.8) is 0 Å². The number of benzene rings is 2. The van der Waals surface area contributed by atoms with Gasteiger partial charge in [-0.25, -0.2) is 4.79 Å². The molecule has 3 rings (SSSR count). The van der Waals surface area contributed by atoms with Crippen LogP contribution >= 0.6 is 11.6 Å². The Balaban J connectivity index is 1.54. The topological polar surface area (TPSA) is 78.9 Å². The highest BCUT2D eigenvalue weighted by Crippen LogP contribution is 2.27. The van der Waals surface area contributed by atoms with Gasteiger partial charge in [0.05, 0.1) is 23.8 Å². The Hall–Kier alpha value is -2.57. The molecule has 0 spiro atoms. The van der Waals surface area contributed by atoms with Crippen molar-refractivity contribution < 1.29 is 19.4 Å². The number of rotatable bonds is 8. The molecule has 1 aliphatic heterocycles. The van der Waals surface area contributed by atoms with Crippen molar-refractivity contribution >= 4 is 23.5 Å². The van der Waals surface area contributed by atoms with E-state index in [1.807, 2.05) is 39.0 Å². The van der Waals surface area contributed by atoms with E-state index in [1.54, 1.807) is 30.3 Å². The molecule has 166 valence electrons. The number of nitrogens with zero attached hydrogens (tertiary/aromatic N) is 1. The zero-order chi connectivity index (χ0) is 22.6. The molecule has 1 amide bonds. The molecular weight excluding hydrogens is 416 g/mol. The molecule has 1 unspecified atom stereocenters. The standard InChI is InChI=1S/C24H29ClN2O4/c1-16(18-7-9-19(10-8-18)22(28)29)26-23(30)24(2,3)27-12-11-17(14-27)15-31-21-6-4-5-20(25)13-21/h4-10,13,16-17H,11-12,14-15H2,1-3H3,(H,26,30)(H,28,29)/t16?,17-/m1/s1. The first-order valence-corrected chi connectivity index (χ1v) is 10.8. The molecule has 1 heterocycles. The summed E-state index contributed by atoms with van der Waals surface area (Å²) in [5.41, 5.74) is 0.425. The van der Waals surface area contributed by atoms with E-state index in [-0.39, 0.29) is 17.5 Å². The van der Waals surface area contributed by atoms with Crippen LogP contribution in [0.2, 0.25) is 5.02 Å². The van der Waals surface area contributed by atoms with Crippen LogP contribution in [0.4, 0.5) is 0 Å². The van der Waals surface area contributed by atoms with Crippen molar-refractivity contribution in [1.29, 1.82) is 0 Å². The van der Waals surface area contributed by atoms with Crippen LogP contribution in [0.1, 0.15) is 49.2 Å². The molecule has 6 nitrogen and oxygen atoms in total. The van der Waals surface area contributed by atoms with Gasteiger partial charge in [-0.15, -0.1) is 0 Å². The summed E-state index contributed by atoms with van der Waals surface area (Å²) in [6.07, 6.45) is 0.962. The Morgan fingerprint density at radius 1 is 1.26 bits per heavy atom. The van der Waals surface area contributed by atoms with Gasteiger partial charge in [0, 0.05) is 17.5 Å². The molecule has 2 aromatic carbocycles. The number of carboxylic acids is 1. The molecule has 1 saturated heterocycles. The Kier molecular flexibility index (Phi) is 7.23. The van der Waals surface area contributed by atoms with Crippen LogP contribution in [0.5, 0.6) is 5.75 Å². The van der Waals surface area contributed by atoms with E-state index in [9.17, 15) is 9.59 Å². The van der Waals surface area contributed by atoms with Crippen molar-refractivity contribution in [2.24, 2.45) is 5.92 Å². The lowest BCUT2D eigenvalue weighted by Crippen LogP contribution is -2.54. The van der Waals surface area contributed by atoms with Crippen molar-refractivity contribution in [2.75, 3.05) is 19.7 Å². The molecule has 0 radical (unpaired) electrons. The molecule has 2 N–H and O–H groups in total. The summed E-state index contributed by atoms with van der Waals surface area (Å²) in [5.74, 6) is 0.0729. The van der Waals surface area contributed by atoms with Gasteiger partial charge in [0.1, 0.15) is 5.75 Å². The highest BCUT2D eigenvalue weighted by molar-refractivity contribution is 6.30. The number of halogens is 1. The van der Waals surface area contributed by atoms with Gasteiger partial charge in [-0.1, -0.05) is 29.8 Å². The van der Waals surface area contributed by atoms with Crippen molar-refractivity contribution in [3.8, 4) is 5.75 Å². The fourth-order valence-electron chi connectivity index (χ4n) is 3.76. The Bertz CT molecular complexity index is 929. The normalized spacial score (nSPS) is 17.9. The third-order valence-electron chi connectivity index (χ3n) is 5.92. The van der Waals surface area contributed by atoms with E-state index >= 15 is 0 Å². The number of nitrogens with one attached hydrogen (secondary N) is 1. The number of hydrogen-bond acceptors (Lipinski definition) is 4. The van der Waals surface area contributed by atoms with Crippen molar-refractivity contribution in [1.82, 2.24) is 10.2 Å². The SMILES string of the molecule is CC(NC(=O)C(C)(C)N1CC[C@@H](COc2cccc(Cl)c2)C1)c1ccc(C(=O)O)cc1. The number of carbonyl (C=O) groups excluding carboxylic acids is 1. The van der Waals surface area contributed by atoms with Crippen LogP contribution in [-0.2, 0) is 4.79 Å². The average molecular weight is 445 g/mol. The molecule has 2 atom stereocenters. The van der Waals surface area contributed by atoms with E-state index in [0.717, 1.165) is 30.8 Å². The molecule has 0 aromatic heterocycles. The summed E-state index contributed by atoms with van der Waals surface area (Å²) in [6, 6.07) is 13.7. The molecule has 7 heteroatoms. The van der Waals surface area contributed by atoms with E-state index in [1.165, 1.54) is 0 Å². The molecule has 0 aliphatic carbocycles. The van der Waals surface area contributed by atoms with Gasteiger partial charge in [-0.2, -0.15) is 0 Å². The molecule has 31 heavy (non-hydrogen) atoms. The van der Waals surface area contributed by atoms with E-state index in [4.69, 9.17) is 21.4 Å². The summed E-state index contributed by atoms with van der Waals surface area (Å²) in [7, 11) is 0. The molecule has 0 bridgehead atoms. The first-order valence-electron chi connectivity index (χ1n) is 10.4. The van der Waals surface area contributed by atoms with Gasteiger partial charge < -0.3 is 15.2 Å². The summed E-state index contributed by atoms with van der Waals surface area (Å²) in [5, 5.41) is 12.7. The lowest BCUT2D eigenvalue weighted by atomic mass is 9.99. The van der Waals surface area contributed by atoms with Crippen LogP contribution in [-0.4, -0.2) is 47.1 Å². The Morgan fingerprint density at radius 3 is 2.61 bits per heavy atom. The van der Waals surface area contributed by atoms with E-state index < -0.39 is 11.5 Å². The lowest BCUT2D eigenvalue weighted by molar-refractivity contribution is -0.131. The van der Waals surface area contributed by atoms with Crippen molar-refractivity contribution in [2.45, 2.75) is 38.8 Å². The first-order chi connectivity index (χ1) is 14.7. The van der Waals surface area contributed by atoms with Crippen LogP contribution in [0.15, 0.2) is 48.5 Å². The minimum absolute atomic E-state index is 0.0567. The lowest BCUT2D eigenvalue weighted by Gasteiger charge is -2.35. The van der Waals surface area contributed by atoms with Crippen LogP contribution in [0, 0.1) is 5.92 Å². The number of amides is 1. The number of likely N-dealkylation sites (tertiary alicyclic amines) is 1. The second-order valence-electron chi connectivity index (χ2n) is 8.55. The summed E-state index contributed by atoms with van der Waals surface area (Å²) >= 11 is 6.01. The highest BCUT2D eigenvalue weighted by atomic mass is 35.5. The second-order valence-corrected chi connectivity index (χ2v) is 8.99. The maximum absolute atomic E-state index is 13.0. The van der Waals surface area contributed by atoms with Crippen LogP contribution in [0.25, 0.3) is 0 Å². The second kappa shape index (κ2) is 9.71. The first kappa shape index (κ1) is 23.1. The molecule has 0 saturated carbocycles. The maximum Gasteiger partial charge on any atom is 0.335 e. The number of ether oxygens (including phenoxy) is 1. The minimum Gasteiger partial charge on any atom is -0.493 e. The number of aromatic carboxylic acids is 1. The third kappa shape index (κ3) is 5.77.